The number of primary amides is 1. The monoisotopic (exact) mass is 300 g/mol. The quantitative estimate of drug-likeness (QED) is 0.800. The number of nitrogen functional groups attached to an aromatic ring is 1. The molecule has 7 heteroatoms. The molecule has 0 fully saturated rings. The maximum Gasteiger partial charge on any atom is 0.266 e. The highest BCUT2D eigenvalue weighted by Crippen LogP contribution is 2.30. The fourth-order valence-corrected chi connectivity index (χ4v) is 2.85. The molecule has 1 aromatic heterocycles. The summed E-state index contributed by atoms with van der Waals surface area (Å²) in [5.74, 6) is -1.03. The van der Waals surface area contributed by atoms with Crippen molar-refractivity contribution in [3.05, 3.63) is 45.8 Å². The fraction of sp³-hybridized carbons (Fsp3) is 0.0714. The summed E-state index contributed by atoms with van der Waals surface area (Å²) in [4.78, 5) is 23.8. The van der Waals surface area contributed by atoms with E-state index in [0.717, 1.165) is 11.3 Å². The molecule has 106 valence electrons. The summed E-state index contributed by atoms with van der Waals surface area (Å²) in [6, 6.07) is 8.43. The van der Waals surface area contributed by atoms with E-state index in [0.29, 0.717) is 21.7 Å². The average Bonchev–Trinajstić information content (AvgIpc) is 2.75. The van der Waals surface area contributed by atoms with Gasteiger partial charge >= 0.3 is 0 Å². The number of amides is 2. The number of nitrogens with two attached hydrogens (primary N) is 2. The SMILES string of the molecule is Cc1c(C(=O)Nc2ccc(C#N)cc2)sc(N)c1C(N)=O. The zero-order valence-electron chi connectivity index (χ0n) is 11.1. The largest absolute Gasteiger partial charge is 0.390 e. The molecule has 0 aliphatic carbocycles. The van der Waals surface area contributed by atoms with Gasteiger partial charge in [-0.05, 0) is 36.8 Å². The van der Waals surface area contributed by atoms with Crippen LogP contribution in [0.3, 0.4) is 0 Å². The van der Waals surface area contributed by atoms with E-state index in [9.17, 15) is 9.59 Å². The highest BCUT2D eigenvalue weighted by Gasteiger charge is 2.21. The van der Waals surface area contributed by atoms with Crippen LogP contribution in [-0.2, 0) is 0 Å². The maximum absolute atomic E-state index is 12.2. The Labute approximate surface area is 125 Å². The fourth-order valence-electron chi connectivity index (χ4n) is 1.87. The van der Waals surface area contributed by atoms with Crippen molar-refractivity contribution in [2.45, 2.75) is 6.92 Å². The van der Waals surface area contributed by atoms with Crippen LogP contribution in [0.15, 0.2) is 24.3 Å². The molecule has 2 rings (SSSR count). The Kier molecular flexibility index (Phi) is 3.91. The molecule has 0 aliphatic rings. The van der Waals surface area contributed by atoms with Crippen LogP contribution in [0.25, 0.3) is 0 Å². The van der Waals surface area contributed by atoms with Crippen LogP contribution in [-0.4, -0.2) is 11.8 Å². The van der Waals surface area contributed by atoms with Crippen LogP contribution in [0.1, 0.15) is 31.2 Å². The third-order valence-electron chi connectivity index (χ3n) is 2.90. The van der Waals surface area contributed by atoms with Crippen LogP contribution in [0.5, 0.6) is 0 Å². The molecule has 6 nitrogen and oxygen atoms in total. The van der Waals surface area contributed by atoms with E-state index >= 15 is 0 Å². The second-order valence-electron chi connectivity index (χ2n) is 4.30. The molecule has 0 unspecified atom stereocenters. The van der Waals surface area contributed by atoms with E-state index in [1.807, 2.05) is 6.07 Å². The number of nitriles is 1. The average molecular weight is 300 g/mol. The number of benzene rings is 1. The number of nitrogens with one attached hydrogen (secondary N) is 1. The molecule has 1 aromatic carbocycles. The van der Waals surface area contributed by atoms with E-state index in [1.165, 1.54) is 0 Å². The number of hydrogen-bond donors (Lipinski definition) is 3. The lowest BCUT2D eigenvalue weighted by Gasteiger charge is -2.04. The zero-order chi connectivity index (χ0) is 15.6. The first-order chi connectivity index (χ1) is 9.93. The lowest BCUT2D eigenvalue weighted by Crippen LogP contribution is -2.15. The second kappa shape index (κ2) is 5.64. The topological polar surface area (TPSA) is 122 Å². The molecular formula is C14H12N4O2S. The molecule has 0 saturated heterocycles. The Morgan fingerprint density at radius 1 is 1.29 bits per heavy atom. The van der Waals surface area contributed by atoms with Gasteiger partial charge in [0.25, 0.3) is 11.8 Å². The number of hydrogen-bond acceptors (Lipinski definition) is 5. The smallest absolute Gasteiger partial charge is 0.266 e. The number of nitrogens with zero attached hydrogens (tertiary/aromatic N) is 1. The maximum atomic E-state index is 12.2. The first-order valence-electron chi connectivity index (χ1n) is 5.94. The van der Waals surface area contributed by atoms with Gasteiger partial charge in [-0.25, -0.2) is 0 Å². The van der Waals surface area contributed by atoms with Gasteiger partial charge in [0.15, 0.2) is 0 Å². The summed E-state index contributed by atoms with van der Waals surface area (Å²) in [7, 11) is 0. The van der Waals surface area contributed by atoms with Crippen molar-refractivity contribution < 1.29 is 9.59 Å². The van der Waals surface area contributed by atoms with E-state index in [2.05, 4.69) is 5.32 Å². The third kappa shape index (κ3) is 2.85. The Bertz CT molecular complexity index is 757. The number of carbonyl (C=O) groups is 2. The number of thiophene rings is 1. The van der Waals surface area contributed by atoms with Gasteiger partial charge in [-0.15, -0.1) is 11.3 Å². The van der Waals surface area contributed by atoms with Crippen LogP contribution in [0.2, 0.25) is 0 Å². The summed E-state index contributed by atoms with van der Waals surface area (Å²) in [5, 5.41) is 11.6. The van der Waals surface area contributed by atoms with E-state index in [4.69, 9.17) is 16.7 Å². The van der Waals surface area contributed by atoms with Crippen molar-refractivity contribution in [2.75, 3.05) is 11.1 Å². The van der Waals surface area contributed by atoms with Crippen LogP contribution in [0, 0.1) is 18.3 Å². The minimum atomic E-state index is -0.654. The number of rotatable bonds is 3. The summed E-state index contributed by atoms with van der Waals surface area (Å²) < 4.78 is 0. The normalized spacial score (nSPS) is 9.90. The van der Waals surface area contributed by atoms with Gasteiger partial charge in [0, 0.05) is 5.69 Å². The molecule has 2 aromatic rings. The van der Waals surface area contributed by atoms with Crippen LogP contribution >= 0.6 is 11.3 Å². The van der Waals surface area contributed by atoms with Crippen molar-refractivity contribution in [1.82, 2.24) is 0 Å². The van der Waals surface area contributed by atoms with E-state index in [1.54, 1.807) is 31.2 Å². The standard InChI is InChI=1S/C14H12N4O2S/c1-7-10(12(16)19)13(17)21-11(7)14(20)18-9-4-2-8(6-15)3-5-9/h2-5H,17H2,1H3,(H2,16,19)(H,18,20). The summed E-state index contributed by atoms with van der Waals surface area (Å²) in [6.07, 6.45) is 0. The molecule has 1 heterocycles. The summed E-state index contributed by atoms with van der Waals surface area (Å²) in [6.45, 7) is 1.63. The predicted octanol–water partition coefficient (Wildman–Crippen LogP) is 1.86. The highest BCUT2D eigenvalue weighted by molar-refractivity contribution is 7.18. The van der Waals surface area contributed by atoms with Gasteiger partial charge in [0.1, 0.15) is 0 Å². The molecule has 0 spiro atoms. The van der Waals surface area contributed by atoms with Gasteiger partial charge in [-0.2, -0.15) is 5.26 Å². The van der Waals surface area contributed by atoms with Crippen LogP contribution < -0.4 is 16.8 Å². The molecule has 0 bridgehead atoms. The van der Waals surface area contributed by atoms with E-state index in [-0.39, 0.29) is 16.5 Å². The van der Waals surface area contributed by atoms with Gasteiger partial charge in [-0.1, -0.05) is 0 Å². The molecule has 2 amide bonds. The van der Waals surface area contributed by atoms with Crippen molar-refractivity contribution in [3.63, 3.8) is 0 Å². The minimum Gasteiger partial charge on any atom is -0.390 e. The molecule has 0 aliphatic heterocycles. The lowest BCUT2D eigenvalue weighted by atomic mass is 10.1. The molecule has 5 N–H and O–H groups in total. The van der Waals surface area contributed by atoms with Gasteiger partial charge in [0.05, 0.1) is 27.1 Å². The van der Waals surface area contributed by atoms with Gasteiger partial charge in [-0.3, -0.25) is 9.59 Å². The first-order valence-corrected chi connectivity index (χ1v) is 6.76. The Morgan fingerprint density at radius 3 is 2.38 bits per heavy atom. The van der Waals surface area contributed by atoms with Crippen molar-refractivity contribution >= 4 is 33.8 Å². The molecule has 0 radical (unpaired) electrons. The minimum absolute atomic E-state index is 0.185. The Hall–Kier alpha value is -2.85. The van der Waals surface area contributed by atoms with Crippen molar-refractivity contribution in [3.8, 4) is 6.07 Å². The lowest BCUT2D eigenvalue weighted by molar-refractivity contribution is 0.100. The third-order valence-corrected chi connectivity index (χ3v) is 4.02. The summed E-state index contributed by atoms with van der Waals surface area (Å²) in [5.41, 5.74) is 12.7. The zero-order valence-corrected chi connectivity index (χ0v) is 12.0. The van der Waals surface area contributed by atoms with Crippen molar-refractivity contribution in [2.24, 2.45) is 5.73 Å². The summed E-state index contributed by atoms with van der Waals surface area (Å²) >= 11 is 1.02. The number of carbonyl (C=O) groups excluding carboxylic acids is 2. The molecular weight excluding hydrogens is 288 g/mol. The van der Waals surface area contributed by atoms with Gasteiger partial charge < -0.3 is 16.8 Å². The van der Waals surface area contributed by atoms with Gasteiger partial charge in [0.2, 0.25) is 0 Å². The van der Waals surface area contributed by atoms with E-state index < -0.39 is 5.91 Å². The highest BCUT2D eigenvalue weighted by atomic mass is 32.1. The molecule has 0 atom stereocenters. The predicted molar refractivity (Wildman–Crippen MR) is 81.1 cm³/mol. The molecule has 21 heavy (non-hydrogen) atoms. The Morgan fingerprint density at radius 2 is 1.90 bits per heavy atom. The Balaban J connectivity index is 2.26. The van der Waals surface area contributed by atoms with Crippen molar-refractivity contribution in [1.29, 1.82) is 5.26 Å². The second-order valence-corrected chi connectivity index (χ2v) is 5.36. The molecule has 0 saturated carbocycles. The van der Waals surface area contributed by atoms with Crippen LogP contribution in [0.4, 0.5) is 10.7 Å². The first kappa shape index (κ1) is 14.6. The number of anilines is 2.